The lowest BCUT2D eigenvalue weighted by atomic mass is 9.74. The standard InChI is InChI=1S/C12H20F3NO2/c1-11(5-3-2-4-6-11)10(18)16(7-8-17)9-12(13,14)15/h17H,2-9H2,1H3. The number of aliphatic hydroxyl groups is 1. The summed E-state index contributed by atoms with van der Waals surface area (Å²) in [6, 6.07) is 0. The Balaban J connectivity index is 2.74. The molecule has 6 heteroatoms. The predicted octanol–water partition coefficient (Wildman–Crippen LogP) is 2.34. The molecule has 1 aliphatic carbocycles. The lowest BCUT2D eigenvalue weighted by Crippen LogP contribution is -2.48. The van der Waals surface area contributed by atoms with Gasteiger partial charge in [0.25, 0.3) is 0 Å². The van der Waals surface area contributed by atoms with Crippen molar-refractivity contribution in [2.45, 2.75) is 45.2 Å². The van der Waals surface area contributed by atoms with E-state index in [1.54, 1.807) is 6.92 Å². The molecule has 1 N–H and O–H groups in total. The predicted molar refractivity (Wildman–Crippen MR) is 60.9 cm³/mol. The molecule has 106 valence electrons. The van der Waals surface area contributed by atoms with Gasteiger partial charge in [0.1, 0.15) is 6.54 Å². The summed E-state index contributed by atoms with van der Waals surface area (Å²) in [7, 11) is 0. The van der Waals surface area contributed by atoms with Crippen LogP contribution in [0.15, 0.2) is 0 Å². The third-order valence-corrected chi connectivity index (χ3v) is 3.50. The smallest absolute Gasteiger partial charge is 0.395 e. The number of carbonyl (C=O) groups excluding carboxylic acids is 1. The molecule has 0 atom stereocenters. The number of hydrogen-bond donors (Lipinski definition) is 1. The summed E-state index contributed by atoms with van der Waals surface area (Å²) in [5, 5.41) is 8.80. The molecule has 0 unspecified atom stereocenters. The molecule has 0 saturated heterocycles. The molecular weight excluding hydrogens is 247 g/mol. The van der Waals surface area contributed by atoms with Gasteiger partial charge in [0.2, 0.25) is 5.91 Å². The van der Waals surface area contributed by atoms with Crippen molar-refractivity contribution in [3.05, 3.63) is 0 Å². The van der Waals surface area contributed by atoms with Crippen molar-refractivity contribution in [2.75, 3.05) is 19.7 Å². The Morgan fingerprint density at radius 1 is 1.28 bits per heavy atom. The Morgan fingerprint density at radius 3 is 2.28 bits per heavy atom. The van der Waals surface area contributed by atoms with Gasteiger partial charge < -0.3 is 10.0 Å². The third-order valence-electron chi connectivity index (χ3n) is 3.50. The largest absolute Gasteiger partial charge is 0.406 e. The van der Waals surface area contributed by atoms with Crippen LogP contribution in [0.3, 0.4) is 0 Å². The van der Waals surface area contributed by atoms with Gasteiger partial charge in [-0.05, 0) is 12.8 Å². The number of alkyl halides is 3. The van der Waals surface area contributed by atoms with Crippen LogP contribution in [0.5, 0.6) is 0 Å². The van der Waals surface area contributed by atoms with Crippen molar-refractivity contribution in [1.82, 2.24) is 4.90 Å². The summed E-state index contributed by atoms with van der Waals surface area (Å²) in [5.74, 6) is -0.478. The minimum absolute atomic E-state index is 0.256. The van der Waals surface area contributed by atoms with E-state index in [9.17, 15) is 18.0 Å². The SMILES string of the molecule is CC1(C(=O)N(CCO)CC(F)(F)F)CCCCC1. The average Bonchev–Trinajstić information content (AvgIpc) is 2.27. The molecule has 0 aromatic carbocycles. The molecule has 0 heterocycles. The maximum atomic E-state index is 12.4. The maximum absolute atomic E-state index is 12.4. The number of aliphatic hydroxyl groups excluding tert-OH is 1. The second-order valence-corrected chi connectivity index (χ2v) is 5.19. The molecule has 0 bridgehead atoms. The van der Waals surface area contributed by atoms with E-state index in [1.807, 2.05) is 0 Å². The lowest BCUT2D eigenvalue weighted by molar-refractivity contribution is -0.169. The lowest BCUT2D eigenvalue weighted by Gasteiger charge is -2.37. The molecule has 1 rings (SSSR count). The Kier molecular flexibility index (Phi) is 5.01. The molecule has 0 radical (unpaired) electrons. The highest BCUT2D eigenvalue weighted by Crippen LogP contribution is 2.37. The molecule has 1 fully saturated rings. The van der Waals surface area contributed by atoms with E-state index >= 15 is 0 Å². The topological polar surface area (TPSA) is 40.5 Å². The Bertz CT molecular complexity index is 286. The van der Waals surface area contributed by atoms with Crippen LogP contribution in [0.1, 0.15) is 39.0 Å². The molecular formula is C12H20F3NO2. The van der Waals surface area contributed by atoms with Crippen LogP contribution in [0, 0.1) is 5.41 Å². The fraction of sp³-hybridized carbons (Fsp3) is 0.917. The summed E-state index contributed by atoms with van der Waals surface area (Å²) >= 11 is 0. The van der Waals surface area contributed by atoms with E-state index in [1.165, 1.54) is 0 Å². The van der Waals surface area contributed by atoms with Crippen LogP contribution in [-0.4, -0.2) is 41.8 Å². The van der Waals surface area contributed by atoms with Crippen LogP contribution in [0.4, 0.5) is 13.2 Å². The first-order valence-electron chi connectivity index (χ1n) is 6.25. The van der Waals surface area contributed by atoms with E-state index < -0.39 is 30.7 Å². The number of amides is 1. The van der Waals surface area contributed by atoms with Crippen molar-refractivity contribution in [3.63, 3.8) is 0 Å². The molecule has 1 amide bonds. The number of nitrogens with zero attached hydrogens (tertiary/aromatic N) is 1. The van der Waals surface area contributed by atoms with Crippen molar-refractivity contribution in [1.29, 1.82) is 0 Å². The number of hydrogen-bond acceptors (Lipinski definition) is 2. The Labute approximate surface area is 105 Å². The minimum atomic E-state index is -4.42. The van der Waals surface area contributed by atoms with Crippen LogP contribution in [0.25, 0.3) is 0 Å². The van der Waals surface area contributed by atoms with Gasteiger partial charge >= 0.3 is 6.18 Å². The van der Waals surface area contributed by atoms with Gasteiger partial charge in [0, 0.05) is 12.0 Å². The highest BCUT2D eigenvalue weighted by atomic mass is 19.4. The van der Waals surface area contributed by atoms with E-state index in [4.69, 9.17) is 5.11 Å². The first-order valence-corrected chi connectivity index (χ1v) is 6.25. The fourth-order valence-corrected chi connectivity index (χ4v) is 2.52. The summed E-state index contributed by atoms with van der Waals surface area (Å²) in [6.07, 6.45) is -0.377. The average molecular weight is 267 g/mol. The molecule has 0 aromatic rings. The van der Waals surface area contributed by atoms with E-state index in [-0.39, 0.29) is 6.54 Å². The first kappa shape index (κ1) is 15.3. The monoisotopic (exact) mass is 267 g/mol. The van der Waals surface area contributed by atoms with E-state index in [0.29, 0.717) is 12.8 Å². The van der Waals surface area contributed by atoms with Gasteiger partial charge in [-0.3, -0.25) is 4.79 Å². The number of halogens is 3. The quantitative estimate of drug-likeness (QED) is 0.849. The molecule has 18 heavy (non-hydrogen) atoms. The summed E-state index contributed by atoms with van der Waals surface area (Å²) < 4.78 is 37.2. The molecule has 3 nitrogen and oxygen atoms in total. The van der Waals surface area contributed by atoms with Crippen molar-refractivity contribution in [2.24, 2.45) is 5.41 Å². The highest BCUT2D eigenvalue weighted by molar-refractivity contribution is 5.82. The highest BCUT2D eigenvalue weighted by Gasteiger charge is 2.41. The summed E-state index contributed by atoms with van der Waals surface area (Å²) in [4.78, 5) is 12.9. The molecule has 0 aliphatic heterocycles. The molecule has 1 saturated carbocycles. The normalized spacial score (nSPS) is 19.6. The third kappa shape index (κ3) is 4.15. The number of carbonyl (C=O) groups is 1. The minimum Gasteiger partial charge on any atom is -0.395 e. The van der Waals surface area contributed by atoms with Crippen molar-refractivity contribution in [3.8, 4) is 0 Å². The summed E-state index contributed by atoms with van der Waals surface area (Å²) in [5.41, 5.74) is -0.696. The van der Waals surface area contributed by atoms with E-state index in [0.717, 1.165) is 24.2 Å². The second-order valence-electron chi connectivity index (χ2n) is 5.19. The first-order chi connectivity index (χ1) is 8.28. The molecule has 0 aromatic heterocycles. The summed E-state index contributed by atoms with van der Waals surface area (Å²) in [6.45, 7) is -0.247. The van der Waals surface area contributed by atoms with Gasteiger partial charge in [-0.25, -0.2) is 0 Å². The number of rotatable bonds is 4. The van der Waals surface area contributed by atoms with Gasteiger partial charge in [0.15, 0.2) is 0 Å². The Hall–Kier alpha value is -0.780. The maximum Gasteiger partial charge on any atom is 0.406 e. The second kappa shape index (κ2) is 5.91. The Morgan fingerprint density at radius 2 is 1.83 bits per heavy atom. The molecule has 0 spiro atoms. The van der Waals surface area contributed by atoms with E-state index in [2.05, 4.69) is 0 Å². The zero-order valence-corrected chi connectivity index (χ0v) is 10.6. The zero-order chi connectivity index (χ0) is 13.8. The fourth-order valence-electron chi connectivity index (χ4n) is 2.52. The van der Waals surface area contributed by atoms with Crippen LogP contribution in [-0.2, 0) is 4.79 Å². The van der Waals surface area contributed by atoms with Gasteiger partial charge in [0.05, 0.1) is 6.61 Å². The zero-order valence-electron chi connectivity index (χ0n) is 10.6. The van der Waals surface area contributed by atoms with Gasteiger partial charge in [-0.15, -0.1) is 0 Å². The van der Waals surface area contributed by atoms with Crippen LogP contribution >= 0.6 is 0 Å². The van der Waals surface area contributed by atoms with Gasteiger partial charge in [-0.1, -0.05) is 26.2 Å². The van der Waals surface area contributed by atoms with Crippen molar-refractivity contribution < 1.29 is 23.1 Å². The van der Waals surface area contributed by atoms with Crippen molar-refractivity contribution >= 4 is 5.91 Å². The van der Waals surface area contributed by atoms with Crippen LogP contribution in [0.2, 0.25) is 0 Å². The van der Waals surface area contributed by atoms with Gasteiger partial charge in [-0.2, -0.15) is 13.2 Å². The molecule has 1 aliphatic rings. The van der Waals surface area contributed by atoms with Crippen LogP contribution < -0.4 is 0 Å².